The van der Waals surface area contributed by atoms with Crippen molar-refractivity contribution in [3.05, 3.63) is 28.8 Å². The minimum atomic E-state index is -3.72. The number of aryl methyl sites for hydroxylation is 1. The lowest BCUT2D eigenvalue weighted by Gasteiger charge is -2.27. The average molecular weight is 306 g/mol. The van der Waals surface area contributed by atoms with Crippen LogP contribution in [0.25, 0.3) is 0 Å². The molecule has 0 fully saturated rings. The molecule has 0 aliphatic rings. The van der Waals surface area contributed by atoms with Crippen LogP contribution in [0.3, 0.4) is 0 Å². The normalized spacial score (nSPS) is 15.5. The van der Waals surface area contributed by atoms with Crippen molar-refractivity contribution in [1.29, 1.82) is 0 Å². The Morgan fingerprint density at radius 1 is 1.42 bits per heavy atom. The molecule has 1 atom stereocenters. The highest BCUT2D eigenvalue weighted by Crippen LogP contribution is 2.25. The number of rotatable bonds is 5. The van der Waals surface area contributed by atoms with Crippen molar-refractivity contribution in [3.8, 4) is 0 Å². The van der Waals surface area contributed by atoms with E-state index < -0.39 is 15.6 Å². The number of sulfonamides is 1. The number of halogens is 1. The average Bonchev–Trinajstić information content (AvgIpc) is 2.30. The third-order valence-corrected chi connectivity index (χ3v) is 5.37. The maximum atomic E-state index is 12.2. The predicted octanol–water partition coefficient (Wildman–Crippen LogP) is 2.33. The molecule has 1 aromatic carbocycles. The van der Waals surface area contributed by atoms with Gasteiger partial charge in [-0.25, -0.2) is 13.1 Å². The van der Waals surface area contributed by atoms with Crippen molar-refractivity contribution in [2.75, 3.05) is 6.54 Å². The van der Waals surface area contributed by atoms with E-state index in [1.165, 1.54) is 6.07 Å². The van der Waals surface area contributed by atoms with Crippen LogP contribution >= 0.6 is 11.6 Å². The zero-order valence-electron chi connectivity index (χ0n) is 11.6. The second kappa shape index (κ2) is 5.79. The van der Waals surface area contributed by atoms with Gasteiger partial charge in [0, 0.05) is 6.54 Å². The first-order valence-electron chi connectivity index (χ1n) is 6.05. The molecule has 6 heteroatoms. The number of nitrogens with one attached hydrogen (secondary N) is 1. The topological polar surface area (TPSA) is 66.4 Å². The zero-order chi connectivity index (χ0) is 14.8. The molecule has 2 N–H and O–H groups in total. The lowest BCUT2D eigenvalue weighted by molar-refractivity contribution is 0.0190. The first-order valence-corrected chi connectivity index (χ1v) is 7.91. The molecular weight excluding hydrogens is 286 g/mol. The summed E-state index contributed by atoms with van der Waals surface area (Å²) in [6.07, 6.45) is 0. The van der Waals surface area contributed by atoms with Crippen LogP contribution in [0.4, 0.5) is 0 Å². The molecule has 19 heavy (non-hydrogen) atoms. The van der Waals surface area contributed by atoms with Crippen molar-refractivity contribution >= 4 is 21.6 Å². The summed E-state index contributed by atoms with van der Waals surface area (Å²) in [6.45, 7) is 6.93. The molecule has 0 radical (unpaired) electrons. The molecule has 108 valence electrons. The van der Waals surface area contributed by atoms with E-state index in [1.807, 2.05) is 13.8 Å². The van der Waals surface area contributed by atoms with E-state index in [-0.39, 0.29) is 22.4 Å². The van der Waals surface area contributed by atoms with Gasteiger partial charge in [0.15, 0.2) is 0 Å². The first kappa shape index (κ1) is 16.4. The van der Waals surface area contributed by atoms with Gasteiger partial charge in [0.05, 0.1) is 10.6 Å². The third-order valence-electron chi connectivity index (χ3n) is 3.31. The summed E-state index contributed by atoms with van der Waals surface area (Å²) in [4.78, 5) is 0.0359. The molecule has 0 aromatic heterocycles. The molecule has 0 aliphatic carbocycles. The van der Waals surface area contributed by atoms with Crippen LogP contribution in [-0.2, 0) is 10.0 Å². The number of hydrogen-bond donors (Lipinski definition) is 2. The van der Waals surface area contributed by atoms with Gasteiger partial charge in [-0.15, -0.1) is 0 Å². The second-order valence-corrected chi connectivity index (χ2v) is 7.34. The van der Waals surface area contributed by atoms with E-state index in [2.05, 4.69) is 4.72 Å². The summed E-state index contributed by atoms with van der Waals surface area (Å²) < 4.78 is 26.7. The third kappa shape index (κ3) is 3.92. The number of aliphatic hydroxyl groups is 1. The van der Waals surface area contributed by atoms with Gasteiger partial charge in [0.2, 0.25) is 10.0 Å². The van der Waals surface area contributed by atoms with E-state index >= 15 is 0 Å². The fourth-order valence-electron chi connectivity index (χ4n) is 1.35. The molecule has 0 bridgehead atoms. The van der Waals surface area contributed by atoms with Crippen LogP contribution in [0.5, 0.6) is 0 Å². The second-order valence-electron chi connectivity index (χ2n) is 5.22. The number of hydrogen-bond acceptors (Lipinski definition) is 3. The van der Waals surface area contributed by atoms with Gasteiger partial charge in [-0.2, -0.15) is 0 Å². The standard InChI is InChI=1S/C13H20ClNO3S/c1-9(2)13(4,16)8-15-19(17,18)11-7-5-6-10(3)12(11)14/h5-7,9,15-16H,8H2,1-4H3. The van der Waals surface area contributed by atoms with Gasteiger partial charge in [-0.05, 0) is 31.4 Å². The van der Waals surface area contributed by atoms with Crippen LogP contribution < -0.4 is 4.72 Å². The highest BCUT2D eigenvalue weighted by molar-refractivity contribution is 7.89. The number of benzene rings is 1. The summed E-state index contributed by atoms with van der Waals surface area (Å²) in [5.41, 5.74) is -0.413. The summed E-state index contributed by atoms with van der Waals surface area (Å²) in [6, 6.07) is 4.82. The Morgan fingerprint density at radius 2 is 2.00 bits per heavy atom. The molecule has 0 spiro atoms. The molecule has 1 unspecified atom stereocenters. The maximum Gasteiger partial charge on any atom is 0.242 e. The van der Waals surface area contributed by atoms with Crippen molar-refractivity contribution < 1.29 is 13.5 Å². The molecule has 1 rings (SSSR count). The van der Waals surface area contributed by atoms with Crippen molar-refractivity contribution in [2.24, 2.45) is 5.92 Å². The van der Waals surface area contributed by atoms with Gasteiger partial charge < -0.3 is 5.11 Å². The first-order chi connectivity index (χ1) is 8.58. The van der Waals surface area contributed by atoms with Crippen molar-refractivity contribution in [3.63, 3.8) is 0 Å². The predicted molar refractivity (Wildman–Crippen MR) is 76.8 cm³/mol. The van der Waals surface area contributed by atoms with Gasteiger partial charge in [-0.1, -0.05) is 37.6 Å². The van der Waals surface area contributed by atoms with E-state index in [4.69, 9.17) is 11.6 Å². The molecule has 1 aromatic rings. The van der Waals surface area contributed by atoms with Gasteiger partial charge >= 0.3 is 0 Å². The maximum absolute atomic E-state index is 12.2. The van der Waals surface area contributed by atoms with Gasteiger partial charge in [0.25, 0.3) is 0 Å². The van der Waals surface area contributed by atoms with Gasteiger partial charge in [0.1, 0.15) is 4.90 Å². The Balaban J connectivity index is 2.97. The van der Waals surface area contributed by atoms with Crippen LogP contribution in [0, 0.1) is 12.8 Å². The lowest BCUT2D eigenvalue weighted by Crippen LogP contribution is -2.44. The molecule has 0 amide bonds. The summed E-state index contributed by atoms with van der Waals surface area (Å²) >= 11 is 6.01. The zero-order valence-corrected chi connectivity index (χ0v) is 13.1. The highest BCUT2D eigenvalue weighted by atomic mass is 35.5. The summed E-state index contributed by atoms with van der Waals surface area (Å²) in [7, 11) is -3.72. The molecule has 4 nitrogen and oxygen atoms in total. The summed E-state index contributed by atoms with van der Waals surface area (Å²) in [5, 5.41) is 10.3. The summed E-state index contributed by atoms with van der Waals surface area (Å²) in [5.74, 6) is -0.0665. The Labute approximate surface area is 119 Å². The van der Waals surface area contributed by atoms with Crippen LogP contribution in [0.1, 0.15) is 26.3 Å². The highest BCUT2D eigenvalue weighted by Gasteiger charge is 2.28. The van der Waals surface area contributed by atoms with E-state index in [9.17, 15) is 13.5 Å². The van der Waals surface area contributed by atoms with Crippen LogP contribution in [0.15, 0.2) is 23.1 Å². The Morgan fingerprint density at radius 3 is 2.53 bits per heavy atom. The minimum absolute atomic E-state index is 0.0359. The van der Waals surface area contributed by atoms with Crippen LogP contribution in [0.2, 0.25) is 5.02 Å². The van der Waals surface area contributed by atoms with Crippen molar-refractivity contribution in [2.45, 2.75) is 38.2 Å². The molecule has 0 aliphatic heterocycles. The van der Waals surface area contributed by atoms with Gasteiger partial charge in [-0.3, -0.25) is 0 Å². The fraction of sp³-hybridized carbons (Fsp3) is 0.538. The Hall–Kier alpha value is -0.620. The largest absolute Gasteiger partial charge is 0.389 e. The molecule has 0 saturated carbocycles. The molecular formula is C13H20ClNO3S. The quantitative estimate of drug-likeness (QED) is 0.877. The minimum Gasteiger partial charge on any atom is -0.389 e. The SMILES string of the molecule is Cc1cccc(S(=O)(=O)NCC(C)(O)C(C)C)c1Cl. The Bertz CT molecular complexity index is 553. The lowest BCUT2D eigenvalue weighted by atomic mass is 9.93. The van der Waals surface area contributed by atoms with E-state index in [0.29, 0.717) is 5.56 Å². The fourth-order valence-corrected chi connectivity index (χ4v) is 3.07. The monoisotopic (exact) mass is 305 g/mol. The van der Waals surface area contributed by atoms with E-state index in [1.54, 1.807) is 26.0 Å². The smallest absolute Gasteiger partial charge is 0.242 e. The molecule has 0 saturated heterocycles. The molecule has 0 heterocycles. The van der Waals surface area contributed by atoms with Crippen LogP contribution in [-0.4, -0.2) is 25.7 Å². The van der Waals surface area contributed by atoms with Crippen molar-refractivity contribution in [1.82, 2.24) is 4.72 Å². The van der Waals surface area contributed by atoms with E-state index in [0.717, 1.165) is 0 Å². The Kier molecular flexibility index (Phi) is 5.01.